The van der Waals surface area contributed by atoms with E-state index in [0.29, 0.717) is 11.3 Å². The van der Waals surface area contributed by atoms with E-state index in [1.54, 1.807) is 31.3 Å². The number of carbonyl (C=O) groups is 2. The number of methoxy groups -OCH3 is 1. The highest BCUT2D eigenvalue weighted by atomic mass is 16.5. The van der Waals surface area contributed by atoms with Gasteiger partial charge in [-0.2, -0.15) is 5.26 Å². The first-order chi connectivity index (χ1) is 11.0. The molecule has 0 aliphatic carbocycles. The molecule has 1 heterocycles. The number of hydrogen-bond donors (Lipinski definition) is 2. The molecule has 118 valence electrons. The molecule has 2 amide bonds. The molecule has 0 fully saturated rings. The van der Waals surface area contributed by atoms with Gasteiger partial charge in [-0.25, -0.2) is 0 Å². The molecule has 0 atom stereocenters. The molecule has 23 heavy (non-hydrogen) atoms. The van der Waals surface area contributed by atoms with E-state index in [2.05, 4.69) is 15.7 Å². The molecule has 0 aliphatic heterocycles. The second-order valence-corrected chi connectivity index (χ2v) is 4.61. The lowest BCUT2D eigenvalue weighted by Gasteiger charge is -2.08. The predicted octanol–water partition coefficient (Wildman–Crippen LogP) is 0.669. The molecule has 0 aliphatic rings. The maximum Gasteiger partial charge on any atom is 0.258 e. The number of benzene rings is 1. The van der Waals surface area contributed by atoms with Crippen molar-refractivity contribution in [2.75, 3.05) is 19.0 Å². The number of aromatic nitrogens is 2. The minimum Gasteiger partial charge on any atom is -0.479 e. The minimum absolute atomic E-state index is 0.181. The van der Waals surface area contributed by atoms with Crippen molar-refractivity contribution in [1.29, 1.82) is 5.26 Å². The summed E-state index contributed by atoms with van der Waals surface area (Å²) in [5, 5.41) is 18.0. The highest BCUT2D eigenvalue weighted by Gasteiger charge is 2.17. The first-order valence-electron chi connectivity index (χ1n) is 6.70. The maximum absolute atomic E-state index is 12.0. The summed E-state index contributed by atoms with van der Waals surface area (Å²) in [5.41, 5.74) is 0.981. The number of carbonyl (C=O) groups excluding carboxylic acids is 2. The summed E-state index contributed by atoms with van der Waals surface area (Å²) in [6.07, 6.45) is 1.50. The van der Waals surface area contributed by atoms with E-state index in [1.165, 1.54) is 18.0 Å². The molecule has 8 nitrogen and oxygen atoms in total. The Kier molecular flexibility index (Phi) is 4.94. The van der Waals surface area contributed by atoms with Crippen LogP contribution in [0.5, 0.6) is 5.88 Å². The Morgan fingerprint density at radius 1 is 1.39 bits per heavy atom. The molecular weight excluding hydrogens is 298 g/mol. The quantitative estimate of drug-likeness (QED) is 0.843. The molecule has 2 aromatic rings. The van der Waals surface area contributed by atoms with E-state index in [9.17, 15) is 9.59 Å². The number of aryl methyl sites for hydroxylation is 1. The maximum atomic E-state index is 12.0. The van der Waals surface area contributed by atoms with Crippen LogP contribution in [0.4, 0.5) is 5.69 Å². The summed E-state index contributed by atoms with van der Waals surface area (Å²) in [6.45, 7) is -0.239. The van der Waals surface area contributed by atoms with Gasteiger partial charge in [0.15, 0.2) is 0 Å². The molecule has 0 saturated heterocycles. The average molecular weight is 313 g/mol. The summed E-state index contributed by atoms with van der Waals surface area (Å²) in [5.74, 6) is -0.734. The number of nitrogens with zero attached hydrogens (tertiary/aromatic N) is 3. The van der Waals surface area contributed by atoms with Gasteiger partial charge in [-0.3, -0.25) is 14.3 Å². The van der Waals surface area contributed by atoms with Gasteiger partial charge in [-0.1, -0.05) is 12.1 Å². The highest BCUT2D eigenvalue weighted by molar-refractivity contribution is 6.00. The lowest BCUT2D eigenvalue weighted by molar-refractivity contribution is -0.115. The predicted molar refractivity (Wildman–Crippen MR) is 81.9 cm³/mol. The normalized spacial score (nSPS) is 9.78. The fourth-order valence-electron chi connectivity index (χ4n) is 1.91. The van der Waals surface area contributed by atoms with E-state index in [1.807, 2.05) is 6.07 Å². The van der Waals surface area contributed by atoms with Crippen LogP contribution in [0.3, 0.4) is 0 Å². The van der Waals surface area contributed by atoms with Gasteiger partial charge in [0.05, 0.1) is 24.9 Å². The zero-order valence-corrected chi connectivity index (χ0v) is 12.7. The van der Waals surface area contributed by atoms with E-state index >= 15 is 0 Å². The second kappa shape index (κ2) is 7.09. The zero-order chi connectivity index (χ0) is 16.8. The number of ether oxygens (including phenoxy) is 1. The molecule has 0 saturated carbocycles. The van der Waals surface area contributed by atoms with Gasteiger partial charge in [0.2, 0.25) is 11.8 Å². The zero-order valence-electron chi connectivity index (χ0n) is 12.7. The van der Waals surface area contributed by atoms with Crippen LogP contribution in [0, 0.1) is 11.3 Å². The second-order valence-electron chi connectivity index (χ2n) is 4.61. The largest absolute Gasteiger partial charge is 0.479 e. The number of anilines is 1. The van der Waals surface area contributed by atoms with Crippen LogP contribution in [0.15, 0.2) is 30.5 Å². The molecule has 0 unspecified atom stereocenters. The SMILES string of the molecule is COc1nn(C)cc1C(=O)NCC(=O)Nc1ccccc1C#N. The molecule has 0 bridgehead atoms. The Balaban J connectivity index is 1.96. The van der Waals surface area contributed by atoms with Crippen LogP contribution >= 0.6 is 0 Å². The summed E-state index contributed by atoms with van der Waals surface area (Å²) < 4.78 is 6.43. The monoisotopic (exact) mass is 313 g/mol. The van der Waals surface area contributed by atoms with Crippen LogP contribution in [0.25, 0.3) is 0 Å². The van der Waals surface area contributed by atoms with Crippen molar-refractivity contribution in [2.24, 2.45) is 7.05 Å². The number of hydrogen-bond acceptors (Lipinski definition) is 5. The first-order valence-corrected chi connectivity index (χ1v) is 6.70. The van der Waals surface area contributed by atoms with Crippen molar-refractivity contribution in [3.63, 3.8) is 0 Å². The number of rotatable bonds is 5. The lowest BCUT2D eigenvalue weighted by atomic mass is 10.2. The lowest BCUT2D eigenvalue weighted by Crippen LogP contribution is -2.33. The van der Waals surface area contributed by atoms with Crippen molar-refractivity contribution in [3.05, 3.63) is 41.6 Å². The Morgan fingerprint density at radius 2 is 2.13 bits per heavy atom. The van der Waals surface area contributed by atoms with Gasteiger partial charge in [0.1, 0.15) is 11.6 Å². The van der Waals surface area contributed by atoms with Gasteiger partial charge in [0.25, 0.3) is 5.91 Å². The Hall–Kier alpha value is -3.34. The van der Waals surface area contributed by atoms with Gasteiger partial charge in [-0.15, -0.1) is 5.10 Å². The average Bonchev–Trinajstić information content (AvgIpc) is 2.94. The van der Waals surface area contributed by atoms with E-state index in [4.69, 9.17) is 10.00 Å². The van der Waals surface area contributed by atoms with Crippen molar-refractivity contribution < 1.29 is 14.3 Å². The number of nitrogens with one attached hydrogen (secondary N) is 2. The number of para-hydroxylation sites is 1. The fraction of sp³-hybridized carbons (Fsp3) is 0.200. The van der Waals surface area contributed by atoms with Crippen molar-refractivity contribution in [3.8, 4) is 11.9 Å². The fourth-order valence-corrected chi connectivity index (χ4v) is 1.91. The van der Waals surface area contributed by atoms with Crippen LogP contribution in [-0.2, 0) is 11.8 Å². The standard InChI is InChI=1S/C15H15N5O3/c1-20-9-11(15(19-20)23-2)14(22)17-8-13(21)18-12-6-4-3-5-10(12)7-16/h3-6,9H,8H2,1-2H3,(H,17,22)(H,18,21). The minimum atomic E-state index is -0.473. The molecule has 0 spiro atoms. The van der Waals surface area contributed by atoms with Crippen molar-refractivity contribution >= 4 is 17.5 Å². The first kappa shape index (κ1) is 16.0. The van der Waals surface area contributed by atoms with Gasteiger partial charge in [0, 0.05) is 13.2 Å². The van der Waals surface area contributed by atoms with Crippen LogP contribution < -0.4 is 15.4 Å². The molecule has 2 N–H and O–H groups in total. The molecular formula is C15H15N5O3. The molecule has 0 radical (unpaired) electrons. The summed E-state index contributed by atoms with van der Waals surface area (Å²) in [7, 11) is 3.06. The van der Waals surface area contributed by atoms with Gasteiger partial charge < -0.3 is 15.4 Å². The summed E-state index contributed by atoms with van der Waals surface area (Å²) in [4.78, 5) is 23.9. The van der Waals surface area contributed by atoms with E-state index < -0.39 is 11.8 Å². The van der Waals surface area contributed by atoms with Crippen LogP contribution in [0.2, 0.25) is 0 Å². The van der Waals surface area contributed by atoms with Crippen molar-refractivity contribution in [2.45, 2.75) is 0 Å². The van der Waals surface area contributed by atoms with E-state index in [-0.39, 0.29) is 18.0 Å². The van der Waals surface area contributed by atoms with Gasteiger partial charge in [-0.05, 0) is 12.1 Å². The molecule has 1 aromatic carbocycles. The molecule has 8 heteroatoms. The van der Waals surface area contributed by atoms with Crippen molar-refractivity contribution in [1.82, 2.24) is 15.1 Å². The number of amides is 2. The molecule has 1 aromatic heterocycles. The third-order valence-corrected chi connectivity index (χ3v) is 2.96. The smallest absolute Gasteiger partial charge is 0.258 e. The van der Waals surface area contributed by atoms with E-state index in [0.717, 1.165) is 0 Å². The Bertz CT molecular complexity index is 776. The van der Waals surface area contributed by atoms with Gasteiger partial charge >= 0.3 is 0 Å². The highest BCUT2D eigenvalue weighted by Crippen LogP contribution is 2.15. The topological polar surface area (TPSA) is 109 Å². The summed E-state index contributed by atoms with van der Waals surface area (Å²) in [6, 6.07) is 8.59. The number of nitriles is 1. The van der Waals surface area contributed by atoms with Crippen LogP contribution in [-0.4, -0.2) is 35.2 Å². The third-order valence-electron chi connectivity index (χ3n) is 2.96. The Labute approximate surface area is 132 Å². The molecule has 2 rings (SSSR count). The van der Waals surface area contributed by atoms with Crippen LogP contribution in [0.1, 0.15) is 15.9 Å². The Morgan fingerprint density at radius 3 is 2.83 bits per heavy atom. The summed E-state index contributed by atoms with van der Waals surface area (Å²) >= 11 is 0. The third kappa shape index (κ3) is 3.85.